The molecule has 220 valence electrons. The van der Waals surface area contributed by atoms with Crippen LogP contribution in [0.3, 0.4) is 0 Å². The van der Waals surface area contributed by atoms with Gasteiger partial charge in [-0.15, -0.1) is 11.8 Å². The highest BCUT2D eigenvalue weighted by Crippen LogP contribution is 2.52. The van der Waals surface area contributed by atoms with Crippen molar-refractivity contribution in [2.24, 2.45) is 5.92 Å². The Morgan fingerprint density at radius 2 is 1.48 bits per heavy atom. The average Bonchev–Trinajstić information content (AvgIpc) is 3.76. The predicted octanol–water partition coefficient (Wildman–Crippen LogP) is 9.68. The molecule has 0 saturated carbocycles. The minimum atomic E-state index is 0.429. The highest BCUT2D eigenvalue weighted by Gasteiger charge is 2.34. The Kier molecular flexibility index (Phi) is 5.71. The van der Waals surface area contributed by atoms with Gasteiger partial charge < -0.3 is 9.13 Å². The predicted molar refractivity (Wildman–Crippen MR) is 196 cm³/mol. The van der Waals surface area contributed by atoms with Crippen LogP contribution in [0.15, 0.2) is 138 Å². The summed E-state index contributed by atoms with van der Waals surface area (Å²) >= 11 is 2.02. The fourth-order valence-electron chi connectivity index (χ4n) is 8.11. The van der Waals surface area contributed by atoms with Crippen molar-refractivity contribution in [2.45, 2.75) is 29.4 Å². The molecule has 1 aliphatic heterocycles. The summed E-state index contributed by atoms with van der Waals surface area (Å²) in [6, 6.07) is 40.6. The van der Waals surface area contributed by atoms with Gasteiger partial charge in [0.25, 0.3) is 0 Å². The van der Waals surface area contributed by atoms with Gasteiger partial charge in [-0.25, -0.2) is 0 Å². The third-order valence-electron chi connectivity index (χ3n) is 10.2. The number of rotatable bonds is 3. The molecule has 0 saturated heterocycles. The molecule has 3 heterocycles. The summed E-state index contributed by atoms with van der Waals surface area (Å²) in [5, 5.41) is 7.08. The molecule has 2 nitrogen and oxygen atoms in total. The van der Waals surface area contributed by atoms with Crippen LogP contribution < -0.4 is 10.6 Å². The summed E-state index contributed by atoms with van der Waals surface area (Å²) in [6.45, 7) is 2.31. The van der Waals surface area contributed by atoms with Gasteiger partial charge in [0.1, 0.15) is 0 Å². The van der Waals surface area contributed by atoms with E-state index >= 15 is 0 Å². The van der Waals surface area contributed by atoms with E-state index in [4.69, 9.17) is 0 Å². The van der Waals surface area contributed by atoms with E-state index in [9.17, 15) is 0 Å². The topological polar surface area (TPSA) is 9.86 Å². The Balaban J connectivity index is 1.21. The molecule has 0 spiro atoms. The van der Waals surface area contributed by atoms with Crippen molar-refractivity contribution in [1.82, 2.24) is 9.13 Å². The fraction of sp³-hybridized carbons (Fsp3) is 0.116. The zero-order chi connectivity index (χ0) is 30.4. The summed E-state index contributed by atoms with van der Waals surface area (Å²) < 4.78 is 5.01. The van der Waals surface area contributed by atoms with Crippen molar-refractivity contribution in [1.29, 1.82) is 0 Å². The number of hydrogen-bond donors (Lipinski definition) is 0. The number of aromatic nitrogens is 2. The second-order valence-electron chi connectivity index (χ2n) is 12.9. The lowest BCUT2D eigenvalue weighted by molar-refractivity contribution is 0.795. The minimum Gasteiger partial charge on any atom is -0.309 e. The summed E-state index contributed by atoms with van der Waals surface area (Å²) in [5.74, 6) is 0.971. The van der Waals surface area contributed by atoms with Crippen LogP contribution in [0.4, 0.5) is 0 Å². The molecule has 3 unspecified atom stereocenters. The molecular formula is C43H32N2S. The summed E-state index contributed by atoms with van der Waals surface area (Å²) in [6.07, 6.45) is 15.1. The van der Waals surface area contributed by atoms with Crippen LogP contribution >= 0.6 is 11.8 Å². The minimum absolute atomic E-state index is 0.429. The molecule has 3 atom stereocenters. The van der Waals surface area contributed by atoms with Crippen molar-refractivity contribution >= 4 is 56.6 Å². The molecule has 0 radical (unpaired) electrons. The van der Waals surface area contributed by atoms with Crippen LogP contribution in [0.1, 0.15) is 24.8 Å². The molecule has 2 aromatic heterocycles. The molecule has 46 heavy (non-hydrogen) atoms. The van der Waals surface area contributed by atoms with Crippen molar-refractivity contribution in [2.75, 3.05) is 0 Å². The van der Waals surface area contributed by atoms with Crippen LogP contribution in [0.25, 0.3) is 67.4 Å². The molecule has 5 aromatic carbocycles. The van der Waals surface area contributed by atoms with E-state index < -0.39 is 0 Å². The van der Waals surface area contributed by atoms with Crippen molar-refractivity contribution in [3.63, 3.8) is 0 Å². The first-order valence-electron chi connectivity index (χ1n) is 16.3. The Morgan fingerprint density at radius 3 is 2.39 bits per heavy atom. The van der Waals surface area contributed by atoms with E-state index in [2.05, 4.69) is 162 Å². The van der Waals surface area contributed by atoms with Crippen LogP contribution in [-0.4, -0.2) is 14.4 Å². The zero-order valence-electron chi connectivity index (χ0n) is 25.6. The fourth-order valence-corrected chi connectivity index (χ4v) is 9.59. The number of benzene rings is 5. The highest BCUT2D eigenvalue weighted by atomic mass is 32.2. The third-order valence-corrected chi connectivity index (χ3v) is 11.6. The van der Waals surface area contributed by atoms with Crippen LogP contribution in [0.5, 0.6) is 0 Å². The number of allylic oxidation sites excluding steroid dienone is 3. The lowest BCUT2D eigenvalue weighted by Crippen LogP contribution is -2.31. The molecule has 10 rings (SSSR count). The zero-order valence-corrected chi connectivity index (χ0v) is 26.4. The molecule has 3 aliphatic rings. The Hall–Kier alpha value is -4.99. The lowest BCUT2D eigenvalue weighted by Gasteiger charge is -2.16. The van der Waals surface area contributed by atoms with E-state index in [1.807, 2.05) is 11.8 Å². The standard InChI is InChI=1S/C43H32N2S/c1-27-21-24-40-36(25-27)32-15-4-8-19-39(32)45(40)37-17-6-2-13-30(37)28-11-10-12-29(26-28)44-38-18-7-3-14-31(38)34-22-23-35-33-16-5-9-20-41(33)46-43(35)42(34)44/h2-20,22-27,33,41H,21H2,1H3. The number of nitrogens with zero attached hydrogens (tertiary/aromatic N) is 2. The van der Waals surface area contributed by atoms with Gasteiger partial charge in [0.2, 0.25) is 0 Å². The summed E-state index contributed by atoms with van der Waals surface area (Å²) in [7, 11) is 0. The Morgan fingerprint density at radius 1 is 0.696 bits per heavy atom. The van der Waals surface area contributed by atoms with Gasteiger partial charge in [-0.1, -0.05) is 122 Å². The first-order valence-corrected chi connectivity index (χ1v) is 17.2. The monoisotopic (exact) mass is 608 g/mol. The molecular weight excluding hydrogens is 577 g/mol. The van der Waals surface area contributed by atoms with Gasteiger partial charge in [0, 0.05) is 54.0 Å². The number of thioether (sulfide) groups is 1. The second kappa shape index (κ2) is 10.0. The van der Waals surface area contributed by atoms with Gasteiger partial charge in [0.05, 0.1) is 22.2 Å². The highest BCUT2D eigenvalue weighted by molar-refractivity contribution is 8.00. The van der Waals surface area contributed by atoms with E-state index in [0.29, 0.717) is 17.1 Å². The van der Waals surface area contributed by atoms with Gasteiger partial charge >= 0.3 is 0 Å². The van der Waals surface area contributed by atoms with Gasteiger partial charge in [-0.2, -0.15) is 0 Å². The summed E-state index contributed by atoms with van der Waals surface area (Å²) in [5.41, 5.74) is 10.2. The second-order valence-corrected chi connectivity index (χ2v) is 14.1. The smallest absolute Gasteiger partial charge is 0.0680 e. The first-order chi connectivity index (χ1) is 22.7. The molecule has 0 N–H and O–H groups in total. The van der Waals surface area contributed by atoms with E-state index in [0.717, 1.165) is 6.42 Å². The van der Waals surface area contributed by atoms with E-state index in [1.165, 1.54) is 76.2 Å². The quantitative estimate of drug-likeness (QED) is 0.194. The molecule has 0 bridgehead atoms. The maximum absolute atomic E-state index is 2.52. The van der Waals surface area contributed by atoms with Crippen molar-refractivity contribution < 1.29 is 0 Å². The molecule has 3 heteroatoms. The maximum atomic E-state index is 2.52. The number of hydrogen-bond acceptors (Lipinski definition) is 1. The number of para-hydroxylation sites is 3. The molecule has 0 fully saturated rings. The Labute approximate surface area is 272 Å². The van der Waals surface area contributed by atoms with E-state index in [1.54, 1.807) is 0 Å². The van der Waals surface area contributed by atoms with Gasteiger partial charge in [-0.05, 0) is 53.8 Å². The van der Waals surface area contributed by atoms with Crippen molar-refractivity contribution in [3.8, 4) is 22.5 Å². The maximum Gasteiger partial charge on any atom is 0.0680 e. The lowest BCUT2D eigenvalue weighted by atomic mass is 9.92. The first kappa shape index (κ1) is 26.2. The average molecular weight is 609 g/mol. The number of fused-ring (bicyclic) bond motifs is 10. The van der Waals surface area contributed by atoms with Crippen molar-refractivity contribution in [3.05, 3.63) is 150 Å². The third kappa shape index (κ3) is 3.72. The molecule has 0 amide bonds. The Bertz CT molecular complexity index is 2580. The van der Waals surface area contributed by atoms with E-state index in [-0.39, 0.29) is 0 Å². The normalized spacial score (nSPS) is 19.6. The van der Waals surface area contributed by atoms with Gasteiger partial charge in [-0.3, -0.25) is 0 Å². The molecule has 2 aliphatic carbocycles. The van der Waals surface area contributed by atoms with Gasteiger partial charge in [0.15, 0.2) is 0 Å². The van der Waals surface area contributed by atoms with Crippen LogP contribution in [-0.2, 0) is 0 Å². The largest absolute Gasteiger partial charge is 0.309 e. The molecule has 7 aromatic rings. The summed E-state index contributed by atoms with van der Waals surface area (Å²) in [4.78, 5) is 1.41. The van der Waals surface area contributed by atoms with Crippen LogP contribution in [0.2, 0.25) is 0 Å². The SMILES string of the molecule is CC1C=c2c(n(-c3ccccc3-c3cccc(-n4c5ccccc5c5ccc6c(c54)SC4C=CC=CC64)c3)c3ccccc23)=CC1. The van der Waals surface area contributed by atoms with Crippen LogP contribution in [0, 0.1) is 5.92 Å².